The van der Waals surface area contributed by atoms with Crippen molar-refractivity contribution in [1.29, 1.82) is 5.41 Å². The van der Waals surface area contributed by atoms with Gasteiger partial charge in [-0.3, -0.25) is 15.0 Å². The minimum atomic E-state index is -0.579. The zero-order valence-electron chi connectivity index (χ0n) is 12.8. The zero-order valence-corrected chi connectivity index (χ0v) is 13.5. The van der Waals surface area contributed by atoms with Crippen LogP contribution in [-0.2, 0) is 4.74 Å². The normalized spacial score (nSPS) is 10.4. The SMILES string of the molecule is COCCNC(=O)c1cc(C(=O)c2cc(Cl)ccc2O)coc1=N. The molecule has 0 spiro atoms. The highest BCUT2D eigenvalue weighted by Crippen LogP contribution is 2.24. The number of nitrogens with one attached hydrogen (secondary N) is 2. The van der Waals surface area contributed by atoms with Crippen molar-refractivity contribution in [3.63, 3.8) is 0 Å². The van der Waals surface area contributed by atoms with Crippen molar-refractivity contribution in [3.05, 3.63) is 57.8 Å². The number of rotatable bonds is 6. The van der Waals surface area contributed by atoms with Crippen LogP contribution in [0.1, 0.15) is 26.3 Å². The van der Waals surface area contributed by atoms with E-state index in [-0.39, 0.29) is 39.6 Å². The van der Waals surface area contributed by atoms with Gasteiger partial charge in [0.15, 0.2) is 5.78 Å². The van der Waals surface area contributed by atoms with Gasteiger partial charge in [0.05, 0.1) is 17.7 Å². The summed E-state index contributed by atoms with van der Waals surface area (Å²) in [5, 5.41) is 20.3. The van der Waals surface area contributed by atoms with Crippen molar-refractivity contribution in [2.45, 2.75) is 0 Å². The number of phenols is 1. The molecule has 0 fully saturated rings. The second kappa shape index (κ2) is 7.76. The average molecular weight is 351 g/mol. The van der Waals surface area contributed by atoms with Gasteiger partial charge in [-0.1, -0.05) is 11.6 Å². The molecule has 0 aliphatic heterocycles. The standard InChI is InChI=1S/C16H15ClN2O5/c1-23-5-4-19-16(22)12-6-9(8-24-15(12)18)14(21)11-7-10(17)2-3-13(11)20/h2-3,6-8,18,20H,4-5H2,1H3,(H,19,22). The van der Waals surface area contributed by atoms with Gasteiger partial charge in [-0.2, -0.15) is 0 Å². The van der Waals surface area contributed by atoms with E-state index in [0.29, 0.717) is 6.61 Å². The molecule has 0 aliphatic rings. The number of ether oxygens (including phenoxy) is 1. The number of carbonyl (C=O) groups is 2. The largest absolute Gasteiger partial charge is 0.507 e. The van der Waals surface area contributed by atoms with Gasteiger partial charge in [0, 0.05) is 18.7 Å². The summed E-state index contributed by atoms with van der Waals surface area (Å²) in [6.07, 6.45) is 1.05. The monoisotopic (exact) mass is 350 g/mol. The van der Waals surface area contributed by atoms with Gasteiger partial charge in [0.2, 0.25) is 5.55 Å². The van der Waals surface area contributed by atoms with Gasteiger partial charge in [0.1, 0.15) is 17.6 Å². The lowest BCUT2D eigenvalue weighted by molar-refractivity contribution is 0.0932. The van der Waals surface area contributed by atoms with Crippen LogP contribution in [0.2, 0.25) is 5.02 Å². The molecule has 7 nitrogen and oxygen atoms in total. The third-order valence-electron chi connectivity index (χ3n) is 3.15. The molecule has 0 saturated carbocycles. The van der Waals surface area contributed by atoms with Gasteiger partial charge < -0.3 is 19.6 Å². The van der Waals surface area contributed by atoms with Crippen LogP contribution in [0.5, 0.6) is 5.75 Å². The first-order valence-electron chi connectivity index (χ1n) is 6.92. The van der Waals surface area contributed by atoms with Crippen LogP contribution in [0, 0.1) is 5.41 Å². The molecule has 24 heavy (non-hydrogen) atoms. The highest BCUT2D eigenvalue weighted by atomic mass is 35.5. The van der Waals surface area contributed by atoms with Crippen LogP contribution in [-0.4, -0.2) is 37.1 Å². The molecule has 8 heteroatoms. The Morgan fingerprint density at radius 1 is 1.33 bits per heavy atom. The Balaban J connectivity index is 2.33. The minimum Gasteiger partial charge on any atom is -0.507 e. The van der Waals surface area contributed by atoms with E-state index in [1.165, 1.54) is 31.4 Å². The van der Waals surface area contributed by atoms with Gasteiger partial charge in [0.25, 0.3) is 5.91 Å². The van der Waals surface area contributed by atoms with Crippen LogP contribution >= 0.6 is 11.6 Å². The number of ketones is 1. The summed E-state index contributed by atoms with van der Waals surface area (Å²) in [4.78, 5) is 24.5. The Morgan fingerprint density at radius 3 is 2.79 bits per heavy atom. The van der Waals surface area contributed by atoms with Gasteiger partial charge in [-0.05, 0) is 24.3 Å². The second-order valence-corrected chi connectivity index (χ2v) is 5.25. The van der Waals surface area contributed by atoms with Gasteiger partial charge in [-0.25, -0.2) is 0 Å². The molecule has 0 saturated heterocycles. The summed E-state index contributed by atoms with van der Waals surface area (Å²) in [6.45, 7) is 0.563. The van der Waals surface area contributed by atoms with Gasteiger partial charge in [-0.15, -0.1) is 0 Å². The Morgan fingerprint density at radius 2 is 2.08 bits per heavy atom. The van der Waals surface area contributed by atoms with Gasteiger partial charge >= 0.3 is 0 Å². The van der Waals surface area contributed by atoms with E-state index in [4.69, 9.17) is 26.2 Å². The Kier molecular flexibility index (Phi) is 5.73. The quantitative estimate of drug-likeness (QED) is 0.542. The van der Waals surface area contributed by atoms with E-state index < -0.39 is 11.7 Å². The summed E-state index contributed by atoms with van der Waals surface area (Å²) in [6, 6.07) is 5.28. The molecule has 126 valence electrons. The molecule has 0 atom stereocenters. The van der Waals surface area contributed by atoms with E-state index in [9.17, 15) is 14.7 Å². The fraction of sp³-hybridized carbons (Fsp3) is 0.188. The Bertz CT molecular complexity index is 831. The van der Waals surface area contributed by atoms with E-state index >= 15 is 0 Å². The van der Waals surface area contributed by atoms with Crippen molar-refractivity contribution < 1.29 is 23.8 Å². The van der Waals surface area contributed by atoms with E-state index in [2.05, 4.69) is 5.32 Å². The molecule has 0 aliphatic carbocycles. The smallest absolute Gasteiger partial charge is 0.256 e. The van der Waals surface area contributed by atoms with Crippen molar-refractivity contribution in [1.82, 2.24) is 5.32 Å². The van der Waals surface area contributed by atoms with Crippen molar-refractivity contribution in [3.8, 4) is 5.75 Å². The third-order valence-corrected chi connectivity index (χ3v) is 3.39. The van der Waals surface area contributed by atoms with Crippen molar-refractivity contribution in [2.75, 3.05) is 20.3 Å². The lowest BCUT2D eigenvalue weighted by atomic mass is 10.0. The number of hydrogen-bond donors (Lipinski definition) is 3. The lowest BCUT2D eigenvalue weighted by Gasteiger charge is -2.07. The van der Waals surface area contributed by atoms with Crippen LogP contribution in [0.25, 0.3) is 0 Å². The van der Waals surface area contributed by atoms with E-state index in [1.54, 1.807) is 0 Å². The fourth-order valence-electron chi connectivity index (χ4n) is 1.94. The first-order valence-corrected chi connectivity index (χ1v) is 7.29. The minimum absolute atomic E-state index is 0.0143. The number of benzene rings is 1. The number of phenolic OH excluding ortho intramolecular Hbond substituents is 1. The Hall–Kier alpha value is -2.64. The molecule has 0 bridgehead atoms. The number of hydrogen-bond acceptors (Lipinski definition) is 6. The first kappa shape index (κ1) is 17.7. The summed E-state index contributed by atoms with van der Waals surface area (Å²) in [5.74, 6) is -1.39. The van der Waals surface area contributed by atoms with E-state index in [1.807, 2.05) is 0 Å². The highest BCUT2D eigenvalue weighted by molar-refractivity contribution is 6.31. The summed E-state index contributed by atoms with van der Waals surface area (Å²) >= 11 is 5.83. The average Bonchev–Trinajstić information content (AvgIpc) is 2.57. The third kappa shape index (κ3) is 4.01. The summed E-state index contributed by atoms with van der Waals surface area (Å²) in [5.41, 5.74) is -0.489. The van der Waals surface area contributed by atoms with Crippen LogP contribution in [0.4, 0.5) is 0 Å². The first-order chi connectivity index (χ1) is 11.4. The molecule has 3 N–H and O–H groups in total. The molecule has 1 heterocycles. The van der Waals surface area contributed by atoms with Crippen LogP contribution in [0.3, 0.4) is 0 Å². The zero-order chi connectivity index (χ0) is 17.7. The predicted octanol–water partition coefficient (Wildman–Crippen LogP) is 1.73. The predicted molar refractivity (Wildman–Crippen MR) is 85.3 cm³/mol. The number of carbonyl (C=O) groups excluding carboxylic acids is 2. The van der Waals surface area contributed by atoms with E-state index in [0.717, 1.165) is 6.26 Å². The fourth-order valence-corrected chi connectivity index (χ4v) is 2.11. The Labute approximate surface area is 142 Å². The molecular weight excluding hydrogens is 336 g/mol. The molecule has 0 radical (unpaired) electrons. The number of methoxy groups -OCH3 is 1. The van der Waals surface area contributed by atoms with Crippen LogP contribution in [0.15, 0.2) is 34.9 Å². The number of aromatic hydroxyl groups is 1. The van der Waals surface area contributed by atoms with Crippen molar-refractivity contribution >= 4 is 23.3 Å². The summed E-state index contributed by atoms with van der Waals surface area (Å²) in [7, 11) is 1.49. The molecule has 1 aromatic carbocycles. The maximum Gasteiger partial charge on any atom is 0.256 e. The molecule has 1 aromatic heterocycles. The topological polar surface area (TPSA) is 113 Å². The molecule has 2 aromatic rings. The van der Waals surface area contributed by atoms with Crippen molar-refractivity contribution in [2.24, 2.45) is 0 Å². The highest BCUT2D eigenvalue weighted by Gasteiger charge is 2.18. The second-order valence-electron chi connectivity index (χ2n) is 4.82. The summed E-state index contributed by atoms with van der Waals surface area (Å²) < 4.78 is 9.79. The maximum atomic E-state index is 12.5. The number of halogens is 1. The molecular formula is C16H15ClN2O5. The maximum absolute atomic E-state index is 12.5. The number of amides is 1. The molecule has 2 rings (SSSR count). The van der Waals surface area contributed by atoms with Crippen LogP contribution < -0.4 is 10.9 Å². The molecule has 0 unspecified atom stereocenters. The molecule has 1 amide bonds. The lowest BCUT2D eigenvalue weighted by Crippen LogP contribution is -2.31.